The Morgan fingerprint density at radius 3 is 2.53 bits per heavy atom. The lowest BCUT2D eigenvalue weighted by Crippen LogP contribution is -2.37. The molecule has 0 saturated carbocycles. The maximum atomic E-state index is 12.3. The van der Waals surface area contributed by atoms with E-state index in [-0.39, 0.29) is 18.4 Å². The van der Waals surface area contributed by atoms with E-state index in [0.29, 0.717) is 5.56 Å². The molecule has 5 heteroatoms. The molecule has 0 radical (unpaired) electrons. The van der Waals surface area contributed by atoms with E-state index in [1.54, 1.807) is 20.2 Å². The van der Waals surface area contributed by atoms with E-state index < -0.39 is 0 Å². The van der Waals surface area contributed by atoms with Gasteiger partial charge in [0.15, 0.2) is 0 Å². The monoisotopic (exact) mass is 263 g/mol. The van der Waals surface area contributed by atoms with E-state index in [1.807, 2.05) is 25.2 Å². The van der Waals surface area contributed by atoms with Crippen molar-refractivity contribution < 1.29 is 9.59 Å². The van der Waals surface area contributed by atoms with Crippen LogP contribution in [0.4, 0.5) is 0 Å². The SMILES string of the molecule is CNCCc1ccccc1C(=O)N(C)CC(=O)NC. The minimum absolute atomic E-state index is 0.0652. The largest absolute Gasteiger partial charge is 0.358 e. The average molecular weight is 263 g/mol. The summed E-state index contributed by atoms with van der Waals surface area (Å²) in [5.41, 5.74) is 1.65. The molecule has 0 aliphatic rings. The molecule has 0 aliphatic heterocycles. The predicted molar refractivity (Wildman–Crippen MR) is 75.1 cm³/mol. The van der Waals surface area contributed by atoms with Crippen LogP contribution in [0.5, 0.6) is 0 Å². The smallest absolute Gasteiger partial charge is 0.254 e. The first-order chi connectivity index (χ1) is 9.10. The number of nitrogens with zero attached hydrogens (tertiary/aromatic N) is 1. The fraction of sp³-hybridized carbons (Fsp3) is 0.429. The van der Waals surface area contributed by atoms with Gasteiger partial charge in [0.25, 0.3) is 5.91 Å². The predicted octanol–water partition coefficient (Wildman–Crippen LogP) is 0.267. The van der Waals surface area contributed by atoms with Gasteiger partial charge in [-0.25, -0.2) is 0 Å². The molecule has 0 saturated heterocycles. The third kappa shape index (κ3) is 4.37. The molecule has 1 aromatic carbocycles. The first-order valence-corrected chi connectivity index (χ1v) is 6.28. The van der Waals surface area contributed by atoms with E-state index in [1.165, 1.54) is 4.90 Å². The van der Waals surface area contributed by atoms with Gasteiger partial charge >= 0.3 is 0 Å². The lowest BCUT2D eigenvalue weighted by Gasteiger charge is -2.18. The number of nitrogens with one attached hydrogen (secondary N) is 2. The lowest BCUT2D eigenvalue weighted by atomic mass is 10.0. The number of likely N-dealkylation sites (N-methyl/N-ethyl adjacent to an activating group) is 3. The highest BCUT2D eigenvalue weighted by molar-refractivity contribution is 5.97. The second-order valence-corrected chi connectivity index (χ2v) is 4.35. The summed E-state index contributed by atoms with van der Waals surface area (Å²) in [6, 6.07) is 7.50. The number of benzene rings is 1. The van der Waals surface area contributed by atoms with Crippen molar-refractivity contribution in [2.45, 2.75) is 6.42 Å². The van der Waals surface area contributed by atoms with Crippen LogP contribution in [0, 0.1) is 0 Å². The van der Waals surface area contributed by atoms with Crippen molar-refractivity contribution in [2.75, 3.05) is 34.2 Å². The van der Waals surface area contributed by atoms with E-state index >= 15 is 0 Å². The van der Waals surface area contributed by atoms with Gasteiger partial charge in [-0.1, -0.05) is 18.2 Å². The van der Waals surface area contributed by atoms with Crippen LogP contribution in [-0.2, 0) is 11.2 Å². The number of carbonyl (C=O) groups excluding carboxylic acids is 2. The summed E-state index contributed by atoms with van der Waals surface area (Å²) >= 11 is 0. The van der Waals surface area contributed by atoms with Crippen molar-refractivity contribution in [3.05, 3.63) is 35.4 Å². The maximum Gasteiger partial charge on any atom is 0.254 e. The van der Waals surface area contributed by atoms with Gasteiger partial charge in [0.1, 0.15) is 0 Å². The van der Waals surface area contributed by atoms with Gasteiger partial charge < -0.3 is 15.5 Å². The van der Waals surface area contributed by atoms with E-state index in [0.717, 1.165) is 18.5 Å². The summed E-state index contributed by atoms with van der Waals surface area (Å²) in [6.45, 7) is 0.874. The molecular weight excluding hydrogens is 242 g/mol. The molecule has 0 bridgehead atoms. The molecule has 19 heavy (non-hydrogen) atoms. The first kappa shape index (κ1) is 15.2. The van der Waals surface area contributed by atoms with Gasteiger partial charge in [0.2, 0.25) is 5.91 Å². The molecule has 0 fully saturated rings. The standard InChI is InChI=1S/C14H21N3O2/c1-15-9-8-11-6-4-5-7-12(11)14(19)17(3)10-13(18)16-2/h4-7,15H,8-10H2,1-3H3,(H,16,18). The minimum atomic E-state index is -0.177. The maximum absolute atomic E-state index is 12.3. The summed E-state index contributed by atoms with van der Waals surface area (Å²) in [5.74, 6) is -0.307. The molecule has 0 unspecified atom stereocenters. The first-order valence-electron chi connectivity index (χ1n) is 6.28. The Hall–Kier alpha value is -1.88. The molecule has 0 heterocycles. The summed E-state index contributed by atoms with van der Waals surface area (Å²) in [6.07, 6.45) is 0.784. The minimum Gasteiger partial charge on any atom is -0.358 e. The average Bonchev–Trinajstić information content (AvgIpc) is 2.44. The molecule has 1 aromatic rings. The van der Waals surface area contributed by atoms with Gasteiger partial charge in [-0.15, -0.1) is 0 Å². The highest BCUT2D eigenvalue weighted by Gasteiger charge is 2.16. The summed E-state index contributed by atoms with van der Waals surface area (Å²) < 4.78 is 0. The second-order valence-electron chi connectivity index (χ2n) is 4.35. The Balaban J connectivity index is 2.83. The van der Waals surface area contributed by atoms with Crippen molar-refractivity contribution >= 4 is 11.8 Å². The Labute approximate surface area is 114 Å². The van der Waals surface area contributed by atoms with Crippen LogP contribution < -0.4 is 10.6 Å². The topological polar surface area (TPSA) is 61.4 Å². The molecule has 0 atom stereocenters. The van der Waals surface area contributed by atoms with Gasteiger partial charge in [-0.2, -0.15) is 0 Å². The van der Waals surface area contributed by atoms with Crippen molar-refractivity contribution in [3.63, 3.8) is 0 Å². The van der Waals surface area contributed by atoms with E-state index in [4.69, 9.17) is 0 Å². The van der Waals surface area contributed by atoms with Crippen molar-refractivity contribution in [2.24, 2.45) is 0 Å². The quantitative estimate of drug-likeness (QED) is 0.774. The van der Waals surface area contributed by atoms with E-state index in [9.17, 15) is 9.59 Å². The number of hydrogen-bond donors (Lipinski definition) is 2. The normalized spacial score (nSPS) is 10.1. The number of amides is 2. The molecule has 0 aromatic heterocycles. The summed E-state index contributed by atoms with van der Waals surface area (Å²) in [7, 11) is 5.07. The highest BCUT2D eigenvalue weighted by Crippen LogP contribution is 2.11. The fourth-order valence-electron chi connectivity index (χ4n) is 1.78. The molecule has 1 rings (SSSR count). The fourth-order valence-corrected chi connectivity index (χ4v) is 1.78. The lowest BCUT2D eigenvalue weighted by molar-refractivity contribution is -0.121. The Bertz CT molecular complexity index is 446. The number of carbonyl (C=O) groups is 2. The Morgan fingerprint density at radius 1 is 1.21 bits per heavy atom. The van der Waals surface area contributed by atoms with Crippen LogP contribution in [0.1, 0.15) is 15.9 Å². The molecule has 2 N–H and O–H groups in total. The van der Waals surface area contributed by atoms with Gasteiger partial charge in [0, 0.05) is 19.7 Å². The van der Waals surface area contributed by atoms with Crippen molar-refractivity contribution in [3.8, 4) is 0 Å². The molecule has 104 valence electrons. The zero-order valence-electron chi connectivity index (χ0n) is 11.7. The number of hydrogen-bond acceptors (Lipinski definition) is 3. The second kappa shape index (κ2) is 7.53. The molecular formula is C14H21N3O2. The number of rotatable bonds is 6. The Kier molecular flexibility index (Phi) is 6.02. The molecule has 5 nitrogen and oxygen atoms in total. The zero-order chi connectivity index (χ0) is 14.3. The van der Waals surface area contributed by atoms with Gasteiger partial charge in [0.05, 0.1) is 6.54 Å². The van der Waals surface area contributed by atoms with Gasteiger partial charge in [-0.05, 0) is 31.6 Å². The van der Waals surface area contributed by atoms with Crippen LogP contribution in [-0.4, -0.2) is 50.9 Å². The molecule has 2 amide bonds. The molecule has 0 spiro atoms. The molecule has 0 aliphatic carbocycles. The van der Waals surface area contributed by atoms with Crippen molar-refractivity contribution in [1.29, 1.82) is 0 Å². The third-order valence-electron chi connectivity index (χ3n) is 2.90. The summed E-state index contributed by atoms with van der Waals surface area (Å²) in [5, 5.41) is 5.57. The van der Waals surface area contributed by atoms with Crippen LogP contribution in [0.2, 0.25) is 0 Å². The Morgan fingerprint density at radius 2 is 1.89 bits per heavy atom. The zero-order valence-corrected chi connectivity index (χ0v) is 11.7. The van der Waals surface area contributed by atoms with Crippen LogP contribution in [0.25, 0.3) is 0 Å². The van der Waals surface area contributed by atoms with Crippen LogP contribution >= 0.6 is 0 Å². The van der Waals surface area contributed by atoms with Crippen LogP contribution in [0.15, 0.2) is 24.3 Å². The van der Waals surface area contributed by atoms with Crippen LogP contribution in [0.3, 0.4) is 0 Å². The van der Waals surface area contributed by atoms with E-state index in [2.05, 4.69) is 10.6 Å². The van der Waals surface area contributed by atoms with Gasteiger partial charge in [-0.3, -0.25) is 9.59 Å². The van der Waals surface area contributed by atoms with Crippen molar-refractivity contribution in [1.82, 2.24) is 15.5 Å². The third-order valence-corrected chi connectivity index (χ3v) is 2.90. The highest BCUT2D eigenvalue weighted by atomic mass is 16.2. The summed E-state index contributed by atoms with van der Waals surface area (Å²) in [4.78, 5) is 25.0.